The van der Waals surface area contributed by atoms with Crippen molar-refractivity contribution in [1.82, 2.24) is 0 Å². The van der Waals surface area contributed by atoms with Crippen LogP contribution in [0.25, 0.3) is 0 Å². The Bertz CT molecular complexity index is 815. The lowest BCUT2D eigenvalue weighted by molar-refractivity contribution is -0.313. The second kappa shape index (κ2) is 8.06. The molecule has 0 aromatic heterocycles. The molecule has 0 fully saturated rings. The van der Waals surface area contributed by atoms with Crippen molar-refractivity contribution in [2.45, 2.75) is 12.8 Å². The molecule has 1 N–H and O–H groups in total. The van der Waals surface area contributed by atoms with E-state index in [2.05, 4.69) is 5.32 Å². The molecule has 2 atom stereocenters. The van der Waals surface area contributed by atoms with E-state index in [0.29, 0.717) is 35.1 Å². The molecule has 0 bridgehead atoms. The van der Waals surface area contributed by atoms with Gasteiger partial charge < -0.3 is 20.0 Å². The smallest absolute Gasteiger partial charge is 0.228 e. The summed E-state index contributed by atoms with van der Waals surface area (Å²) in [5, 5.41) is 14.6. The molecule has 1 amide bonds. The van der Waals surface area contributed by atoms with Crippen molar-refractivity contribution in [2.24, 2.45) is 11.8 Å². The maximum atomic E-state index is 12.4. The van der Waals surface area contributed by atoms with Crippen LogP contribution in [0.15, 0.2) is 60.7 Å². The Hall–Kier alpha value is -2.79. The molecule has 2 aromatic rings. The Morgan fingerprint density at radius 3 is 2.04 bits per heavy atom. The topological polar surface area (TPSA) is 78.5 Å². The summed E-state index contributed by atoms with van der Waals surface area (Å²) in [5.74, 6) is -1.69. The molecule has 0 radical (unpaired) electrons. The molecule has 6 heteroatoms. The maximum Gasteiger partial charge on any atom is 0.228 e. The monoisotopic (exact) mass is 370 g/mol. The van der Waals surface area contributed by atoms with Crippen molar-refractivity contribution < 1.29 is 19.4 Å². The average molecular weight is 371 g/mol. The van der Waals surface area contributed by atoms with Gasteiger partial charge in [-0.2, -0.15) is 0 Å². The summed E-state index contributed by atoms with van der Waals surface area (Å²) in [6.45, 7) is 0. The first-order chi connectivity index (χ1) is 12.5. The van der Waals surface area contributed by atoms with Gasteiger partial charge in [-0.25, -0.2) is 0 Å². The summed E-state index contributed by atoms with van der Waals surface area (Å²) < 4.78 is 5.69. The molecule has 26 heavy (non-hydrogen) atoms. The van der Waals surface area contributed by atoms with Crippen LogP contribution in [0.5, 0.6) is 11.5 Å². The van der Waals surface area contributed by atoms with Crippen LogP contribution in [0, 0.1) is 11.8 Å². The summed E-state index contributed by atoms with van der Waals surface area (Å²) in [4.78, 5) is 23.6. The van der Waals surface area contributed by atoms with Crippen LogP contribution < -0.4 is 15.2 Å². The number of hydrogen-bond donors (Lipinski definition) is 1. The van der Waals surface area contributed by atoms with Crippen LogP contribution in [0.4, 0.5) is 5.69 Å². The van der Waals surface area contributed by atoms with E-state index in [0.717, 1.165) is 0 Å². The van der Waals surface area contributed by atoms with Gasteiger partial charge >= 0.3 is 0 Å². The number of allylic oxidation sites excluding steroid dienone is 2. The summed E-state index contributed by atoms with van der Waals surface area (Å²) in [7, 11) is 0. The van der Waals surface area contributed by atoms with Crippen LogP contribution in [0.2, 0.25) is 5.02 Å². The Morgan fingerprint density at radius 2 is 1.46 bits per heavy atom. The SMILES string of the molecule is O=C([O-])[C@@H]1CC=CC[C@H]1C(=O)Nc1ccc(Oc2ccc(Cl)cc2)cc1. The van der Waals surface area contributed by atoms with Crippen molar-refractivity contribution in [3.63, 3.8) is 0 Å². The Balaban J connectivity index is 1.63. The summed E-state index contributed by atoms with van der Waals surface area (Å²) in [5.41, 5.74) is 0.574. The van der Waals surface area contributed by atoms with Crippen molar-refractivity contribution in [3.8, 4) is 11.5 Å². The number of nitrogens with one attached hydrogen (secondary N) is 1. The molecule has 0 heterocycles. The lowest BCUT2D eigenvalue weighted by Gasteiger charge is -2.28. The molecule has 0 spiro atoms. The predicted octanol–water partition coefficient (Wildman–Crippen LogP) is 3.40. The number of hydrogen-bond acceptors (Lipinski definition) is 4. The predicted molar refractivity (Wildman–Crippen MR) is 97.0 cm³/mol. The largest absolute Gasteiger partial charge is 0.550 e. The van der Waals surface area contributed by atoms with E-state index in [1.54, 1.807) is 54.6 Å². The van der Waals surface area contributed by atoms with Crippen LogP contribution in [0.1, 0.15) is 12.8 Å². The molecule has 2 aromatic carbocycles. The minimum absolute atomic E-state index is 0.314. The molecule has 0 saturated carbocycles. The fourth-order valence-electron chi connectivity index (χ4n) is 2.84. The number of halogens is 1. The van der Waals surface area contributed by atoms with Gasteiger partial charge in [0.05, 0.1) is 5.92 Å². The van der Waals surface area contributed by atoms with E-state index >= 15 is 0 Å². The number of anilines is 1. The fourth-order valence-corrected chi connectivity index (χ4v) is 2.97. The van der Waals surface area contributed by atoms with Gasteiger partial charge in [-0.1, -0.05) is 23.8 Å². The van der Waals surface area contributed by atoms with Gasteiger partial charge in [0.25, 0.3) is 0 Å². The van der Waals surface area contributed by atoms with Crippen LogP contribution in [-0.4, -0.2) is 11.9 Å². The van der Waals surface area contributed by atoms with E-state index in [1.165, 1.54) is 0 Å². The Labute approximate surface area is 156 Å². The van der Waals surface area contributed by atoms with Crippen molar-refractivity contribution >= 4 is 29.2 Å². The number of rotatable bonds is 5. The minimum atomic E-state index is -1.19. The quantitative estimate of drug-likeness (QED) is 0.818. The lowest BCUT2D eigenvalue weighted by Crippen LogP contribution is -2.41. The highest BCUT2D eigenvalue weighted by Crippen LogP contribution is 2.28. The molecule has 1 aliphatic rings. The zero-order valence-electron chi connectivity index (χ0n) is 13.9. The fraction of sp³-hybridized carbons (Fsp3) is 0.200. The highest BCUT2D eigenvalue weighted by Gasteiger charge is 2.29. The van der Waals surface area contributed by atoms with Crippen molar-refractivity contribution in [1.29, 1.82) is 0 Å². The molecule has 1 aliphatic carbocycles. The number of carboxylic acids is 1. The van der Waals surface area contributed by atoms with Gasteiger partial charge in [-0.15, -0.1) is 0 Å². The third-order valence-corrected chi connectivity index (χ3v) is 4.50. The van der Waals surface area contributed by atoms with Crippen LogP contribution >= 0.6 is 11.6 Å². The zero-order valence-corrected chi connectivity index (χ0v) is 14.6. The second-order valence-electron chi connectivity index (χ2n) is 6.04. The van der Waals surface area contributed by atoms with E-state index in [9.17, 15) is 14.7 Å². The number of amides is 1. The van der Waals surface area contributed by atoms with Crippen molar-refractivity contribution in [3.05, 3.63) is 65.7 Å². The molecule has 134 valence electrons. The standard InChI is InChI=1S/C20H18ClNO4/c21-13-5-9-15(10-6-13)26-16-11-7-14(8-12-16)22-19(23)17-3-1-2-4-18(17)20(24)25/h1-2,5-12,17-18H,3-4H2,(H,22,23)(H,24,25)/p-1/t17-,18-/m1/s1. The highest BCUT2D eigenvalue weighted by atomic mass is 35.5. The van der Waals surface area contributed by atoms with Gasteiger partial charge in [-0.05, 0) is 61.4 Å². The van der Waals surface area contributed by atoms with Crippen molar-refractivity contribution in [2.75, 3.05) is 5.32 Å². The average Bonchev–Trinajstić information content (AvgIpc) is 2.65. The minimum Gasteiger partial charge on any atom is -0.550 e. The molecule has 0 aliphatic heterocycles. The first-order valence-electron chi connectivity index (χ1n) is 8.23. The number of carboxylic acid groups (broad SMARTS) is 1. The Kier molecular flexibility index (Phi) is 5.58. The number of carbonyl (C=O) groups is 2. The summed E-state index contributed by atoms with van der Waals surface area (Å²) >= 11 is 5.84. The van der Waals surface area contributed by atoms with E-state index in [1.807, 2.05) is 6.08 Å². The van der Waals surface area contributed by atoms with E-state index in [4.69, 9.17) is 16.3 Å². The molecule has 5 nitrogen and oxygen atoms in total. The Morgan fingerprint density at radius 1 is 0.923 bits per heavy atom. The number of benzene rings is 2. The molecule has 0 unspecified atom stereocenters. The maximum absolute atomic E-state index is 12.4. The third kappa shape index (κ3) is 4.43. The van der Waals surface area contributed by atoms with E-state index in [-0.39, 0.29) is 5.91 Å². The van der Waals surface area contributed by atoms with Crippen LogP contribution in [0.3, 0.4) is 0 Å². The first kappa shape index (κ1) is 18.0. The highest BCUT2D eigenvalue weighted by molar-refractivity contribution is 6.30. The number of carbonyl (C=O) groups excluding carboxylic acids is 2. The molecular formula is C20H17ClNO4-. The summed E-state index contributed by atoms with van der Waals surface area (Å²) in [6, 6.07) is 13.8. The van der Waals surface area contributed by atoms with Gasteiger partial charge in [-0.3, -0.25) is 4.79 Å². The molecular weight excluding hydrogens is 354 g/mol. The second-order valence-corrected chi connectivity index (χ2v) is 6.48. The lowest BCUT2D eigenvalue weighted by atomic mass is 9.82. The van der Waals surface area contributed by atoms with E-state index < -0.39 is 17.8 Å². The van der Waals surface area contributed by atoms with Gasteiger partial charge in [0.1, 0.15) is 11.5 Å². The number of aliphatic carboxylic acids is 1. The first-order valence-corrected chi connectivity index (χ1v) is 8.61. The van der Waals surface area contributed by atoms with Gasteiger partial charge in [0, 0.05) is 22.6 Å². The van der Waals surface area contributed by atoms with Gasteiger partial charge in [0.2, 0.25) is 5.91 Å². The zero-order chi connectivity index (χ0) is 18.5. The summed E-state index contributed by atoms with van der Waals surface area (Å²) in [6.07, 6.45) is 4.30. The molecule has 0 saturated heterocycles. The third-order valence-electron chi connectivity index (χ3n) is 4.24. The van der Waals surface area contributed by atoms with Crippen LogP contribution in [-0.2, 0) is 9.59 Å². The molecule has 3 rings (SSSR count). The van der Waals surface area contributed by atoms with Gasteiger partial charge in [0.15, 0.2) is 0 Å². The normalized spacial score (nSPS) is 19.0. The number of ether oxygens (including phenoxy) is 1.